The number of aromatic nitrogens is 6. The SMILES string of the molecule is Cc1coc(Cn2cc(CN3CC(NC(=O)c4cn(C5CC5)nn4)C3)cn2)n1. The van der Waals surface area contributed by atoms with E-state index in [2.05, 4.69) is 30.6 Å². The third kappa shape index (κ3) is 3.68. The van der Waals surface area contributed by atoms with Gasteiger partial charge in [0.05, 0.1) is 30.2 Å². The van der Waals surface area contributed by atoms with Crippen molar-refractivity contribution < 1.29 is 9.21 Å². The second kappa shape index (κ2) is 6.86. The molecule has 0 unspecified atom stereocenters. The molecule has 1 aliphatic carbocycles. The summed E-state index contributed by atoms with van der Waals surface area (Å²) < 4.78 is 8.98. The van der Waals surface area contributed by atoms with Crippen LogP contribution in [0.15, 0.2) is 29.3 Å². The molecular formula is C18H22N8O2. The predicted molar refractivity (Wildman–Crippen MR) is 97.4 cm³/mol. The maximum atomic E-state index is 12.3. The number of carbonyl (C=O) groups is 1. The summed E-state index contributed by atoms with van der Waals surface area (Å²) in [5.41, 5.74) is 2.39. The molecule has 2 fully saturated rings. The average Bonchev–Trinajstić information content (AvgIpc) is 3.04. The van der Waals surface area contributed by atoms with Crippen molar-refractivity contribution >= 4 is 5.91 Å². The molecule has 1 saturated carbocycles. The van der Waals surface area contributed by atoms with Crippen LogP contribution >= 0.6 is 0 Å². The summed E-state index contributed by atoms with van der Waals surface area (Å²) in [5.74, 6) is 0.503. The van der Waals surface area contributed by atoms with Gasteiger partial charge in [-0.25, -0.2) is 9.67 Å². The second-order valence-electron chi connectivity index (χ2n) is 7.61. The van der Waals surface area contributed by atoms with Gasteiger partial charge in [-0.3, -0.25) is 14.4 Å². The Hall–Kier alpha value is -3.01. The molecule has 10 nitrogen and oxygen atoms in total. The van der Waals surface area contributed by atoms with Crippen LogP contribution in [-0.2, 0) is 13.1 Å². The number of aryl methyl sites for hydroxylation is 1. The van der Waals surface area contributed by atoms with Gasteiger partial charge in [0.1, 0.15) is 12.8 Å². The molecule has 1 saturated heterocycles. The number of nitrogens with zero attached hydrogens (tertiary/aromatic N) is 7. The quantitative estimate of drug-likeness (QED) is 0.643. The standard InChI is InChI=1S/C18H22N8O2/c1-12-11-28-17(20-12)10-25-6-13(4-19-25)5-24-7-14(8-24)21-18(27)16-9-26(23-22-16)15-2-3-15/h4,6,9,11,14-15H,2-3,5,7-8,10H2,1H3,(H,21,27). The van der Waals surface area contributed by atoms with Crippen molar-refractivity contribution in [2.75, 3.05) is 13.1 Å². The molecule has 10 heteroatoms. The Kier molecular flexibility index (Phi) is 4.19. The van der Waals surface area contributed by atoms with E-state index in [0.29, 0.717) is 24.2 Å². The molecule has 0 spiro atoms. The minimum atomic E-state index is -0.148. The van der Waals surface area contributed by atoms with E-state index in [0.717, 1.165) is 43.7 Å². The Labute approximate surface area is 161 Å². The van der Waals surface area contributed by atoms with Gasteiger partial charge in [0.25, 0.3) is 5.91 Å². The molecule has 0 aromatic carbocycles. The molecule has 1 amide bonds. The van der Waals surface area contributed by atoms with E-state index in [-0.39, 0.29) is 11.9 Å². The minimum absolute atomic E-state index is 0.143. The van der Waals surface area contributed by atoms with Crippen LogP contribution < -0.4 is 5.32 Å². The third-order valence-corrected chi connectivity index (χ3v) is 5.01. The van der Waals surface area contributed by atoms with E-state index in [1.807, 2.05) is 24.0 Å². The number of rotatable bonds is 7. The van der Waals surface area contributed by atoms with Crippen LogP contribution in [0.4, 0.5) is 0 Å². The second-order valence-corrected chi connectivity index (χ2v) is 7.61. The molecule has 1 aliphatic heterocycles. The lowest BCUT2D eigenvalue weighted by atomic mass is 10.1. The average molecular weight is 382 g/mol. The topological polar surface area (TPSA) is 107 Å². The summed E-state index contributed by atoms with van der Waals surface area (Å²) in [6, 6.07) is 0.575. The van der Waals surface area contributed by atoms with E-state index < -0.39 is 0 Å². The molecular weight excluding hydrogens is 360 g/mol. The van der Waals surface area contributed by atoms with Crippen molar-refractivity contribution in [3.63, 3.8) is 0 Å². The normalized spacial score (nSPS) is 17.6. The minimum Gasteiger partial charge on any atom is -0.447 e. The number of hydrogen-bond acceptors (Lipinski definition) is 7. The molecule has 3 aromatic rings. The lowest BCUT2D eigenvalue weighted by molar-refractivity contribution is 0.0790. The first-order valence-electron chi connectivity index (χ1n) is 9.50. The summed E-state index contributed by atoms with van der Waals surface area (Å²) >= 11 is 0. The van der Waals surface area contributed by atoms with Crippen molar-refractivity contribution in [1.29, 1.82) is 0 Å². The first-order chi connectivity index (χ1) is 13.6. The van der Waals surface area contributed by atoms with Gasteiger partial charge in [0, 0.05) is 31.4 Å². The zero-order valence-corrected chi connectivity index (χ0v) is 15.7. The molecule has 4 heterocycles. The Morgan fingerprint density at radius 2 is 2.14 bits per heavy atom. The summed E-state index contributed by atoms with van der Waals surface area (Å²) in [7, 11) is 0. The van der Waals surface area contributed by atoms with Gasteiger partial charge >= 0.3 is 0 Å². The van der Waals surface area contributed by atoms with Crippen LogP contribution in [-0.4, -0.2) is 59.7 Å². The monoisotopic (exact) mass is 382 g/mol. The van der Waals surface area contributed by atoms with E-state index >= 15 is 0 Å². The highest BCUT2D eigenvalue weighted by Gasteiger charge is 2.30. The maximum Gasteiger partial charge on any atom is 0.273 e. The summed E-state index contributed by atoms with van der Waals surface area (Å²) in [4.78, 5) is 18.8. The molecule has 0 atom stereocenters. The molecule has 146 valence electrons. The fraction of sp³-hybridized carbons (Fsp3) is 0.500. The summed E-state index contributed by atoms with van der Waals surface area (Å²) in [6.07, 6.45) is 9.49. The number of oxazole rings is 1. The van der Waals surface area contributed by atoms with Crippen molar-refractivity contribution in [3.05, 3.63) is 47.7 Å². The third-order valence-electron chi connectivity index (χ3n) is 5.01. The lowest BCUT2D eigenvalue weighted by Gasteiger charge is -2.39. The smallest absolute Gasteiger partial charge is 0.273 e. The van der Waals surface area contributed by atoms with Crippen molar-refractivity contribution in [2.45, 2.75) is 44.9 Å². The fourth-order valence-electron chi connectivity index (χ4n) is 3.39. The maximum absolute atomic E-state index is 12.3. The molecule has 1 N–H and O–H groups in total. The van der Waals surface area contributed by atoms with Crippen LogP contribution in [0.3, 0.4) is 0 Å². The number of amides is 1. The number of carbonyl (C=O) groups excluding carboxylic acids is 1. The van der Waals surface area contributed by atoms with Gasteiger partial charge in [-0.2, -0.15) is 5.10 Å². The number of hydrogen-bond donors (Lipinski definition) is 1. The van der Waals surface area contributed by atoms with E-state index in [4.69, 9.17) is 4.42 Å². The molecule has 28 heavy (non-hydrogen) atoms. The molecule has 5 rings (SSSR count). The van der Waals surface area contributed by atoms with Gasteiger partial charge in [-0.15, -0.1) is 5.10 Å². The van der Waals surface area contributed by atoms with Crippen LogP contribution in [0.2, 0.25) is 0 Å². The van der Waals surface area contributed by atoms with E-state index in [1.54, 1.807) is 17.1 Å². The summed E-state index contributed by atoms with van der Waals surface area (Å²) in [6.45, 7) is 4.85. The van der Waals surface area contributed by atoms with Gasteiger partial charge in [-0.05, 0) is 19.8 Å². The van der Waals surface area contributed by atoms with E-state index in [9.17, 15) is 4.79 Å². The molecule has 0 bridgehead atoms. The summed E-state index contributed by atoms with van der Waals surface area (Å²) in [5, 5.41) is 15.4. The van der Waals surface area contributed by atoms with Crippen LogP contribution in [0.25, 0.3) is 0 Å². The van der Waals surface area contributed by atoms with Gasteiger partial charge in [0.15, 0.2) is 5.69 Å². The highest BCUT2D eigenvalue weighted by molar-refractivity contribution is 5.92. The van der Waals surface area contributed by atoms with Crippen LogP contribution in [0.5, 0.6) is 0 Å². The Balaban J connectivity index is 1.08. The van der Waals surface area contributed by atoms with Crippen molar-refractivity contribution in [2.24, 2.45) is 0 Å². The van der Waals surface area contributed by atoms with Gasteiger partial charge in [0.2, 0.25) is 5.89 Å². The number of nitrogens with one attached hydrogen (secondary N) is 1. The predicted octanol–water partition coefficient (Wildman–Crippen LogP) is 0.768. The zero-order valence-electron chi connectivity index (χ0n) is 15.7. The lowest BCUT2D eigenvalue weighted by Crippen LogP contribution is -2.58. The van der Waals surface area contributed by atoms with Crippen LogP contribution in [0.1, 0.15) is 46.5 Å². The Morgan fingerprint density at radius 3 is 2.89 bits per heavy atom. The number of likely N-dealkylation sites (tertiary alicyclic amines) is 1. The first-order valence-corrected chi connectivity index (χ1v) is 9.50. The molecule has 3 aromatic heterocycles. The Bertz CT molecular complexity index is 979. The van der Waals surface area contributed by atoms with Gasteiger partial charge in [-0.1, -0.05) is 5.21 Å². The van der Waals surface area contributed by atoms with E-state index in [1.165, 1.54) is 0 Å². The highest BCUT2D eigenvalue weighted by Crippen LogP contribution is 2.33. The first kappa shape index (κ1) is 17.1. The van der Waals surface area contributed by atoms with Gasteiger partial charge < -0.3 is 9.73 Å². The Morgan fingerprint density at radius 1 is 1.29 bits per heavy atom. The molecule has 2 aliphatic rings. The zero-order chi connectivity index (χ0) is 19.1. The largest absolute Gasteiger partial charge is 0.447 e. The van der Waals surface area contributed by atoms with Crippen molar-refractivity contribution in [3.8, 4) is 0 Å². The highest BCUT2D eigenvalue weighted by atomic mass is 16.3. The fourth-order valence-corrected chi connectivity index (χ4v) is 3.39. The van der Waals surface area contributed by atoms with Crippen LogP contribution in [0, 0.1) is 6.92 Å². The van der Waals surface area contributed by atoms with Crippen molar-refractivity contribution in [1.82, 2.24) is 40.0 Å². The molecule has 0 radical (unpaired) electrons.